The first-order chi connectivity index (χ1) is 15.8. The zero-order valence-electron chi connectivity index (χ0n) is 17.7. The van der Waals surface area contributed by atoms with Crippen molar-refractivity contribution in [2.45, 2.75) is 30.3 Å². The number of nitrogens with two attached hydrogens (primary N) is 1. The van der Waals surface area contributed by atoms with Crippen LogP contribution in [0.5, 0.6) is 5.88 Å². The number of carbonyl (C=O) groups is 2. The number of alkyl halides is 3. The number of ether oxygens (including phenoxy) is 1. The molecule has 1 unspecified atom stereocenters. The van der Waals surface area contributed by atoms with Gasteiger partial charge in [-0.3, -0.25) is 4.79 Å². The summed E-state index contributed by atoms with van der Waals surface area (Å²) < 4.78 is 76.3. The largest absolute Gasteiger partial charge is 0.490 e. The maximum atomic E-state index is 12.8. The number of hydrogen-bond acceptors (Lipinski definition) is 7. The number of rotatable bonds is 7. The Balaban J connectivity index is 0.000000509. The highest BCUT2D eigenvalue weighted by Gasteiger charge is 2.59. The van der Waals surface area contributed by atoms with E-state index < -0.39 is 28.1 Å². The molecule has 1 aromatic heterocycles. The van der Waals surface area contributed by atoms with Gasteiger partial charge in [0.2, 0.25) is 15.9 Å². The molecule has 34 heavy (non-hydrogen) atoms. The lowest BCUT2D eigenvalue weighted by atomic mass is 9.92. The van der Waals surface area contributed by atoms with Gasteiger partial charge in [-0.1, -0.05) is 0 Å². The van der Waals surface area contributed by atoms with Crippen molar-refractivity contribution >= 4 is 22.0 Å². The van der Waals surface area contributed by atoms with Crippen LogP contribution in [0, 0.1) is 11.3 Å². The highest BCUT2D eigenvalue weighted by molar-refractivity contribution is 7.89. The molecule has 1 spiro atoms. The average molecular weight is 513 g/mol. The predicted molar refractivity (Wildman–Crippen MR) is 108 cm³/mol. The minimum atomic E-state index is -5.08. The van der Waals surface area contributed by atoms with Crippen molar-refractivity contribution in [1.82, 2.24) is 9.29 Å². The standard InChI is InChI=1S/C17H22FN3O5S.C2HF3O2/c18-8-12(9-19)11-26-15-2-1-13(10-20-15)27(24,25)21-5-3-17(4-6-21)7-14(17)16(22)23;3-2(4,5)1(6)7/h1-2,8,10,14H,3-7,9,11,19H2,(H,22,23);(H,6,7)/b12-8+;. The topological polar surface area (TPSA) is 160 Å². The van der Waals surface area contributed by atoms with Crippen molar-refractivity contribution in [2.75, 3.05) is 26.2 Å². The molecule has 1 aliphatic heterocycles. The third kappa shape index (κ3) is 6.64. The van der Waals surface area contributed by atoms with Gasteiger partial charge < -0.3 is 20.7 Å². The number of halogens is 4. The Morgan fingerprint density at radius 2 is 1.85 bits per heavy atom. The molecule has 3 rings (SSSR count). The monoisotopic (exact) mass is 513 g/mol. The molecule has 2 aliphatic rings. The molecule has 10 nitrogen and oxygen atoms in total. The fraction of sp³-hybridized carbons (Fsp3) is 0.526. The number of hydrogen-bond donors (Lipinski definition) is 3. The summed E-state index contributed by atoms with van der Waals surface area (Å²) >= 11 is 0. The molecule has 0 radical (unpaired) electrons. The van der Waals surface area contributed by atoms with E-state index in [1.54, 1.807) is 0 Å². The number of carboxylic acid groups (broad SMARTS) is 2. The van der Waals surface area contributed by atoms with Crippen LogP contribution in [0.4, 0.5) is 17.6 Å². The van der Waals surface area contributed by atoms with Gasteiger partial charge in [-0.25, -0.2) is 22.6 Å². The predicted octanol–water partition coefficient (Wildman–Crippen LogP) is 1.78. The second-order valence-electron chi connectivity index (χ2n) is 7.76. The normalized spacial score (nSPS) is 20.3. The van der Waals surface area contributed by atoms with Crippen LogP contribution in [0.1, 0.15) is 19.3 Å². The quantitative estimate of drug-likeness (QED) is 0.462. The number of sulfonamides is 1. The Morgan fingerprint density at radius 3 is 2.24 bits per heavy atom. The smallest absolute Gasteiger partial charge is 0.481 e. The lowest BCUT2D eigenvalue weighted by Crippen LogP contribution is -2.39. The summed E-state index contributed by atoms with van der Waals surface area (Å²) in [4.78, 5) is 24.0. The van der Waals surface area contributed by atoms with E-state index in [9.17, 15) is 30.8 Å². The summed E-state index contributed by atoms with van der Waals surface area (Å²) in [7, 11) is -3.70. The van der Waals surface area contributed by atoms with Gasteiger partial charge in [0.25, 0.3) is 0 Å². The minimum Gasteiger partial charge on any atom is -0.481 e. The molecule has 1 saturated carbocycles. The van der Waals surface area contributed by atoms with Crippen LogP contribution in [-0.2, 0) is 19.6 Å². The van der Waals surface area contributed by atoms with Gasteiger partial charge >= 0.3 is 18.1 Å². The second-order valence-corrected chi connectivity index (χ2v) is 9.69. The summed E-state index contributed by atoms with van der Waals surface area (Å²) in [5.41, 5.74) is 5.36. The fourth-order valence-electron chi connectivity index (χ4n) is 3.48. The average Bonchev–Trinajstić information content (AvgIpc) is 3.48. The maximum absolute atomic E-state index is 12.8. The van der Waals surface area contributed by atoms with E-state index in [2.05, 4.69) is 4.98 Å². The van der Waals surface area contributed by atoms with E-state index in [-0.39, 0.29) is 40.8 Å². The first kappa shape index (κ1) is 27.5. The minimum absolute atomic E-state index is 0.0160. The highest BCUT2D eigenvalue weighted by Crippen LogP contribution is 2.59. The van der Waals surface area contributed by atoms with E-state index >= 15 is 0 Å². The molecule has 0 bridgehead atoms. The van der Waals surface area contributed by atoms with Crippen molar-refractivity contribution in [3.63, 3.8) is 0 Å². The molecule has 1 aliphatic carbocycles. The zero-order valence-corrected chi connectivity index (χ0v) is 18.5. The molecular formula is C19H23F4N3O7S. The number of nitrogens with zero attached hydrogens (tertiary/aromatic N) is 2. The molecule has 1 aromatic rings. The SMILES string of the molecule is NC/C(=C\F)COc1ccc(S(=O)(=O)N2CCC3(CC2)CC3C(=O)O)cn1.O=C(O)C(F)(F)F. The summed E-state index contributed by atoms with van der Waals surface area (Å²) in [6.45, 7) is 0.546. The van der Waals surface area contributed by atoms with Crippen molar-refractivity contribution in [3.8, 4) is 5.88 Å². The van der Waals surface area contributed by atoms with E-state index in [0.29, 0.717) is 38.7 Å². The Labute approximate surface area is 192 Å². The van der Waals surface area contributed by atoms with E-state index in [4.69, 9.17) is 25.5 Å². The highest BCUT2D eigenvalue weighted by atomic mass is 32.2. The Morgan fingerprint density at radius 1 is 1.26 bits per heavy atom. The summed E-state index contributed by atoms with van der Waals surface area (Å²) in [5.74, 6) is -3.74. The van der Waals surface area contributed by atoms with Crippen LogP contribution in [0.25, 0.3) is 0 Å². The van der Waals surface area contributed by atoms with Crippen molar-refractivity contribution in [3.05, 3.63) is 30.2 Å². The van der Waals surface area contributed by atoms with Crippen LogP contribution in [-0.4, -0.2) is 72.3 Å². The first-order valence-corrected chi connectivity index (χ1v) is 11.3. The van der Waals surface area contributed by atoms with Crippen molar-refractivity contribution in [1.29, 1.82) is 0 Å². The third-order valence-electron chi connectivity index (χ3n) is 5.62. The van der Waals surface area contributed by atoms with Gasteiger partial charge in [0.15, 0.2) is 0 Å². The van der Waals surface area contributed by atoms with Crippen LogP contribution in [0.15, 0.2) is 35.1 Å². The number of piperidine rings is 1. The van der Waals surface area contributed by atoms with Gasteiger partial charge in [0.1, 0.15) is 11.5 Å². The van der Waals surface area contributed by atoms with Crippen LogP contribution >= 0.6 is 0 Å². The second kappa shape index (κ2) is 10.7. The molecule has 190 valence electrons. The lowest BCUT2D eigenvalue weighted by molar-refractivity contribution is -0.192. The van der Waals surface area contributed by atoms with E-state index in [1.807, 2.05) is 0 Å². The van der Waals surface area contributed by atoms with Gasteiger partial charge in [-0.05, 0) is 30.7 Å². The fourth-order valence-corrected chi connectivity index (χ4v) is 4.86. The van der Waals surface area contributed by atoms with Crippen LogP contribution < -0.4 is 10.5 Å². The molecule has 1 saturated heterocycles. The molecule has 0 amide bonds. The van der Waals surface area contributed by atoms with Gasteiger partial charge in [0, 0.05) is 31.3 Å². The van der Waals surface area contributed by atoms with E-state index in [0.717, 1.165) is 0 Å². The molecule has 15 heteroatoms. The Hall–Kier alpha value is -2.78. The molecule has 2 fully saturated rings. The molecule has 1 atom stereocenters. The maximum Gasteiger partial charge on any atom is 0.490 e. The van der Waals surface area contributed by atoms with Gasteiger partial charge in [-0.15, -0.1) is 0 Å². The lowest BCUT2D eigenvalue weighted by Gasteiger charge is -2.31. The van der Waals surface area contributed by atoms with Crippen molar-refractivity contribution < 1.29 is 50.5 Å². The van der Waals surface area contributed by atoms with E-state index in [1.165, 1.54) is 22.6 Å². The Kier molecular flexibility index (Phi) is 8.60. The van der Waals surface area contributed by atoms with Gasteiger partial charge in [0.05, 0.1) is 18.4 Å². The molecule has 4 N–H and O–H groups in total. The number of carboxylic acids is 2. The number of pyridine rings is 1. The Bertz CT molecular complexity index is 1020. The summed E-state index contributed by atoms with van der Waals surface area (Å²) in [5, 5.41) is 16.3. The van der Waals surface area contributed by atoms with Crippen LogP contribution in [0.2, 0.25) is 0 Å². The molecule has 0 aromatic carbocycles. The molecule has 2 heterocycles. The number of aliphatic carboxylic acids is 2. The molecular weight excluding hydrogens is 490 g/mol. The first-order valence-electron chi connectivity index (χ1n) is 9.87. The summed E-state index contributed by atoms with van der Waals surface area (Å²) in [6, 6.07) is 2.80. The third-order valence-corrected chi connectivity index (χ3v) is 7.50. The number of aromatic nitrogens is 1. The summed E-state index contributed by atoms with van der Waals surface area (Å²) in [6.07, 6.45) is -1.78. The van der Waals surface area contributed by atoms with Crippen molar-refractivity contribution in [2.24, 2.45) is 17.1 Å². The van der Waals surface area contributed by atoms with Gasteiger partial charge in [-0.2, -0.15) is 17.5 Å². The zero-order chi connectivity index (χ0) is 25.7. The van der Waals surface area contributed by atoms with Crippen LogP contribution in [0.3, 0.4) is 0 Å².